The summed E-state index contributed by atoms with van der Waals surface area (Å²) in [7, 11) is 1.86. The van der Waals surface area contributed by atoms with Gasteiger partial charge in [0.05, 0.1) is 17.4 Å². The monoisotopic (exact) mass is 252 g/mol. The maximum Gasteiger partial charge on any atom is 0.319 e. The lowest BCUT2D eigenvalue weighted by molar-refractivity contribution is 0.252. The van der Waals surface area contributed by atoms with Crippen molar-refractivity contribution >= 4 is 34.2 Å². The molecule has 0 fully saturated rings. The van der Waals surface area contributed by atoms with Crippen LogP contribution >= 0.6 is 11.6 Å². The minimum Gasteiger partial charge on any atom is -0.337 e. The number of benzene rings is 1. The molecule has 0 aliphatic rings. The molecule has 0 saturated heterocycles. The van der Waals surface area contributed by atoms with Crippen LogP contribution in [0, 0.1) is 0 Å². The molecule has 0 spiro atoms. The molecule has 0 saturated carbocycles. The quantitative estimate of drug-likeness (QED) is 0.820. The first-order valence-electron chi connectivity index (χ1n) is 5.24. The van der Waals surface area contributed by atoms with Crippen LogP contribution in [0.3, 0.4) is 0 Å². The zero-order chi connectivity index (χ0) is 12.3. The first-order valence-corrected chi connectivity index (χ1v) is 5.77. The Labute approximate surface area is 104 Å². The van der Waals surface area contributed by atoms with Gasteiger partial charge in [-0.1, -0.05) is 6.07 Å². The lowest BCUT2D eigenvalue weighted by Gasteiger charge is -2.07. The second-order valence-corrected chi connectivity index (χ2v) is 3.95. The van der Waals surface area contributed by atoms with Crippen molar-refractivity contribution in [2.75, 3.05) is 17.7 Å². The van der Waals surface area contributed by atoms with Crippen LogP contribution in [0.2, 0.25) is 0 Å². The zero-order valence-corrected chi connectivity index (χ0v) is 10.2. The number of aromatic nitrogens is 2. The zero-order valence-electron chi connectivity index (χ0n) is 9.40. The molecule has 0 aliphatic carbocycles. The topological polar surface area (TPSA) is 59.0 Å². The van der Waals surface area contributed by atoms with Crippen molar-refractivity contribution in [3.8, 4) is 0 Å². The molecular formula is C11H13ClN4O. The summed E-state index contributed by atoms with van der Waals surface area (Å²) in [4.78, 5) is 11.5. The van der Waals surface area contributed by atoms with E-state index in [0.29, 0.717) is 12.4 Å². The van der Waals surface area contributed by atoms with Crippen molar-refractivity contribution in [3.05, 3.63) is 24.4 Å². The van der Waals surface area contributed by atoms with Crippen molar-refractivity contribution in [2.24, 2.45) is 7.05 Å². The summed E-state index contributed by atoms with van der Waals surface area (Å²) in [5, 5.41) is 10.5. The van der Waals surface area contributed by atoms with Gasteiger partial charge in [0.1, 0.15) is 0 Å². The number of hydrogen-bond acceptors (Lipinski definition) is 2. The fourth-order valence-corrected chi connectivity index (χ4v) is 1.71. The average Bonchev–Trinajstić information content (AvgIpc) is 2.70. The third-order valence-electron chi connectivity index (χ3n) is 2.42. The number of amides is 2. The predicted molar refractivity (Wildman–Crippen MR) is 68.5 cm³/mol. The van der Waals surface area contributed by atoms with Crippen LogP contribution in [-0.4, -0.2) is 28.2 Å². The summed E-state index contributed by atoms with van der Waals surface area (Å²) < 4.78 is 1.76. The number of hydrogen-bond donors (Lipinski definition) is 2. The number of fused-ring (bicyclic) bond motifs is 1. The Morgan fingerprint density at radius 2 is 2.35 bits per heavy atom. The number of carbonyl (C=O) groups is 1. The lowest BCUT2D eigenvalue weighted by atomic mass is 10.2. The summed E-state index contributed by atoms with van der Waals surface area (Å²) in [5.74, 6) is 0.393. The minimum atomic E-state index is -0.262. The number of rotatable bonds is 3. The highest BCUT2D eigenvalue weighted by Crippen LogP contribution is 2.22. The van der Waals surface area contributed by atoms with Crippen molar-refractivity contribution < 1.29 is 4.79 Å². The van der Waals surface area contributed by atoms with Crippen LogP contribution in [0.5, 0.6) is 0 Å². The van der Waals surface area contributed by atoms with Gasteiger partial charge in [0.2, 0.25) is 0 Å². The molecule has 90 valence electrons. The minimum absolute atomic E-state index is 0.262. The van der Waals surface area contributed by atoms with Crippen molar-refractivity contribution in [3.63, 3.8) is 0 Å². The number of anilines is 1. The molecular weight excluding hydrogens is 240 g/mol. The smallest absolute Gasteiger partial charge is 0.319 e. The van der Waals surface area contributed by atoms with E-state index in [2.05, 4.69) is 15.7 Å². The van der Waals surface area contributed by atoms with Crippen molar-refractivity contribution in [1.29, 1.82) is 0 Å². The molecule has 0 aliphatic heterocycles. The van der Waals surface area contributed by atoms with Crippen LogP contribution in [0.25, 0.3) is 10.9 Å². The maximum absolute atomic E-state index is 11.5. The second kappa shape index (κ2) is 5.05. The molecule has 0 radical (unpaired) electrons. The molecule has 0 bridgehead atoms. The first-order chi connectivity index (χ1) is 8.22. The fourth-order valence-electron chi connectivity index (χ4n) is 1.61. The van der Waals surface area contributed by atoms with E-state index in [1.54, 1.807) is 10.9 Å². The van der Waals surface area contributed by atoms with Gasteiger partial charge in [-0.3, -0.25) is 4.68 Å². The summed E-state index contributed by atoms with van der Waals surface area (Å²) >= 11 is 5.49. The Bertz CT molecular complexity index is 537. The number of alkyl halides is 1. The van der Waals surface area contributed by atoms with Gasteiger partial charge < -0.3 is 10.6 Å². The number of carbonyl (C=O) groups excluding carboxylic acids is 1. The van der Waals surface area contributed by atoms with Gasteiger partial charge in [0.15, 0.2) is 0 Å². The molecule has 1 heterocycles. The van der Waals surface area contributed by atoms with Gasteiger partial charge in [-0.05, 0) is 12.1 Å². The van der Waals surface area contributed by atoms with E-state index >= 15 is 0 Å². The van der Waals surface area contributed by atoms with E-state index in [1.165, 1.54) is 0 Å². The number of nitrogens with zero attached hydrogens (tertiary/aromatic N) is 2. The molecule has 17 heavy (non-hydrogen) atoms. The van der Waals surface area contributed by atoms with E-state index < -0.39 is 0 Å². The molecule has 5 nitrogen and oxygen atoms in total. The number of nitrogens with one attached hydrogen (secondary N) is 2. The highest BCUT2D eigenvalue weighted by Gasteiger charge is 2.07. The molecule has 2 rings (SSSR count). The highest BCUT2D eigenvalue weighted by atomic mass is 35.5. The molecule has 1 aromatic carbocycles. The van der Waals surface area contributed by atoms with Gasteiger partial charge >= 0.3 is 6.03 Å². The van der Waals surface area contributed by atoms with Gasteiger partial charge in [-0.2, -0.15) is 5.10 Å². The van der Waals surface area contributed by atoms with E-state index in [1.807, 2.05) is 25.2 Å². The molecule has 2 N–H and O–H groups in total. The first kappa shape index (κ1) is 11.7. The van der Waals surface area contributed by atoms with Crippen LogP contribution in [0.1, 0.15) is 0 Å². The standard InChI is InChI=1S/C11H13ClN4O/c1-16-10-4-2-3-9(8(10)7-14-16)15-11(17)13-6-5-12/h2-4,7H,5-6H2,1H3,(H2,13,15,17). The van der Waals surface area contributed by atoms with E-state index in [-0.39, 0.29) is 6.03 Å². The number of aryl methyl sites for hydroxylation is 1. The Kier molecular flexibility index (Phi) is 3.49. The predicted octanol–water partition coefficient (Wildman–Crippen LogP) is 1.93. The van der Waals surface area contributed by atoms with Crippen LogP contribution in [0.15, 0.2) is 24.4 Å². The molecule has 0 atom stereocenters. The number of urea groups is 1. The molecule has 0 unspecified atom stereocenters. The number of halogens is 1. The van der Waals surface area contributed by atoms with Gasteiger partial charge in [0.25, 0.3) is 0 Å². The lowest BCUT2D eigenvalue weighted by Crippen LogP contribution is -2.30. The third-order valence-corrected chi connectivity index (χ3v) is 2.61. The van der Waals surface area contributed by atoms with E-state index in [4.69, 9.17) is 11.6 Å². The summed E-state index contributed by atoms with van der Waals surface area (Å²) in [5.41, 5.74) is 1.71. The SMILES string of the molecule is Cn1ncc2c(NC(=O)NCCCl)cccc21. The second-order valence-electron chi connectivity index (χ2n) is 3.58. The van der Waals surface area contributed by atoms with Gasteiger partial charge in [0, 0.05) is 24.9 Å². The maximum atomic E-state index is 11.5. The third kappa shape index (κ3) is 2.50. The van der Waals surface area contributed by atoms with Crippen LogP contribution < -0.4 is 10.6 Å². The average molecular weight is 253 g/mol. The van der Waals surface area contributed by atoms with Crippen LogP contribution in [-0.2, 0) is 7.05 Å². The van der Waals surface area contributed by atoms with Crippen LogP contribution in [0.4, 0.5) is 10.5 Å². The summed E-state index contributed by atoms with van der Waals surface area (Å²) in [6, 6.07) is 5.40. The molecule has 2 aromatic rings. The largest absolute Gasteiger partial charge is 0.337 e. The van der Waals surface area contributed by atoms with Gasteiger partial charge in [-0.15, -0.1) is 11.6 Å². The Hall–Kier alpha value is -1.75. The molecule has 6 heteroatoms. The Balaban J connectivity index is 2.21. The molecule has 2 amide bonds. The fraction of sp³-hybridized carbons (Fsp3) is 0.273. The molecule has 1 aromatic heterocycles. The summed E-state index contributed by atoms with van der Waals surface area (Å²) in [6.45, 7) is 0.441. The normalized spacial score (nSPS) is 10.5. The highest BCUT2D eigenvalue weighted by molar-refractivity contribution is 6.18. The van der Waals surface area contributed by atoms with E-state index in [9.17, 15) is 4.79 Å². The Morgan fingerprint density at radius 3 is 3.12 bits per heavy atom. The Morgan fingerprint density at radius 1 is 1.53 bits per heavy atom. The van der Waals surface area contributed by atoms with Gasteiger partial charge in [-0.25, -0.2) is 4.79 Å². The van der Waals surface area contributed by atoms with Crippen molar-refractivity contribution in [1.82, 2.24) is 15.1 Å². The van der Waals surface area contributed by atoms with E-state index in [0.717, 1.165) is 16.6 Å². The summed E-state index contributed by atoms with van der Waals surface area (Å²) in [6.07, 6.45) is 1.73. The van der Waals surface area contributed by atoms with Crippen molar-refractivity contribution in [2.45, 2.75) is 0 Å².